The van der Waals surface area contributed by atoms with Gasteiger partial charge in [0.1, 0.15) is 22.2 Å². The van der Waals surface area contributed by atoms with E-state index in [1.807, 2.05) is 17.9 Å². The topological polar surface area (TPSA) is 110 Å². The summed E-state index contributed by atoms with van der Waals surface area (Å²) in [4.78, 5) is 23.1. The first-order chi connectivity index (χ1) is 12.3. The van der Waals surface area contributed by atoms with Crippen LogP contribution in [0.5, 0.6) is 0 Å². The maximum absolute atomic E-state index is 11.9. The van der Waals surface area contributed by atoms with E-state index in [4.69, 9.17) is 0 Å². The fourth-order valence-electron chi connectivity index (χ4n) is 3.04. The lowest BCUT2D eigenvalue weighted by atomic mass is 10.2. The second-order valence-electron chi connectivity index (χ2n) is 6.09. The van der Waals surface area contributed by atoms with Crippen LogP contribution < -0.4 is 9.80 Å². The molecule has 0 amide bonds. The van der Waals surface area contributed by atoms with Gasteiger partial charge in [0.25, 0.3) is 0 Å². The van der Waals surface area contributed by atoms with Gasteiger partial charge in [-0.3, -0.25) is 10.1 Å². The second kappa shape index (κ2) is 6.87. The Morgan fingerprint density at radius 1 is 1.12 bits per heavy atom. The van der Waals surface area contributed by atoms with Crippen molar-refractivity contribution < 1.29 is 13.3 Å². The lowest BCUT2D eigenvalue weighted by Crippen LogP contribution is -2.47. The van der Waals surface area contributed by atoms with Gasteiger partial charge in [-0.05, 0) is 25.1 Å². The number of nitro groups is 1. The summed E-state index contributed by atoms with van der Waals surface area (Å²) in [5.41, 5.74) is -0.0298. The highest BCUT2D eigenvalue weighted by Crippen LogP contribution is 2.35. The van der Waals surface area contributed by atoms with Gasteiger partial charge in [-0.2, -0.15) is 0 Å². The molecule has 1 aromatic carbocycles. The molecule has 1 aliphatic rings. The second-order valence-corrected chi connectivity index (χ2v) is 8.07. The highest BCUT2D eigenvalue weighted by Gasteiger charge is 2.30. The number of rotatable bonds is 4. The van der Waals surface area contributed by atoms with Gasteiger partial charge in [-0.15, -0.1) is 0 Å². The molecule has 0 unspecified atom stereocenters. The number of hydrogen-bond acceptors (Lipinski definition) is 8. The summed E-state index contributed by atoms with van der Waals surface area (Å²) in [6.45, 7) is 4.11. The maximum Gasteiger partial charge on any atom is 0.311 e. The zero-order chi connectivity index (χ0) is 18.9. The van der Waals surface area contributed by atoms with Gasteiger partial charge in [-0.25, -0.2) is 18.4 Å². The molecule has 1 aromatic heterocycles. The lowest BCUT2D eigenvalue weighted by Gasteiger charge is -2.36. The van der Waals surface area contributed by atoms with Crippen molar-refractivity contribution >= 4 is 27.0 Å². The van der Waals surface area contributed by atoms with E-state index in [0.29, 0.717) is 37.7 Å². The number of aromatic nitrogens is 2. The summed E-state index contributed by atoms with van der Waals surface area (Å²) in [5, 5.41) is 11.5. The third-order valence-electron chi connectivity index (χ3n) is 4.27. The van der Waals surface area contributed by atoms with Crippen molar-refractivity contribution in [2.75, 3.05) is 42.2 Å². The van der Waals surface area contributed by atoms with Gasteiger partial charge in [0.2, 0.25) is 0 Å². The lowest BCUT2D eigenvalue weighted by molar-refractivity contribution is -0.387. The first kappa shape index (κ1) is 18.1. The van der Waals surface area contributed by atoms with Gasteiger partial charge < -0.3 is 9.80 Å². The van der Waals surface area contributed by atoms with Gasteiger partial charge in [0, 0.05) is 38.6 Å². The molecule has 1 aliphatic heterocycles. The third kappa shape index (κ3) is 3.59. The van der Waals surface area contributed by atoms with Crippen LogP contribution in [0.3, 0.4) is 0 Å². The predicted molar refractivity (Wildman–Crippen MR) is 97.4 cm³/mol. The number of nitrogens with zero attached hydrogens (tertiary/aromatic N) is 5. The summed E-state index contributed by atoms with van der Waals surface area (Å²) >= 11 is 0. The highest BCUT2D eigenvalue weighted by atomic mass is 32.2. The number of para-hydroxylation sites is 1. The number of benzene rings is 1. The summed E-state index contributed by atoms with van der Waals surface area (Å²) in [5.74, 6) is 1.50. The van der Waals surface area contributed by atoms with Crippen LogP contribution in [0, 0.1) is 17.0 Å². The van der Waals surface area contributed by atoms with E-state index in [9.17, 15) is 18.5 Å². The molecule has 10 heteroatoms. The van der Waals surface area contributed by atoms with Crippen molar-refractivity contribution in [2.24, 2.45) is 0 Å². The minimum atomic E-state index is -3.69. The molecule has 3 rings (SSSR count). The molecular weight excluding hydrogens is 358 g/mol. The standard InChI is InChI=1S/C16H19N5O4S/c1-12-17-7-6-15(18-12)20-10-8-19(9-11-20)13-4-3-5-14(26(2,24)25)16(13)21(22)23/h3-7H,8-11H2,1-2H3. The van der Waals surface area contributed by atoms with Crippen molar-refractivity contribution in [3.8, 4) is 0 Å². The highest BCUT2D eigenvalue weighted by molar-refractivity contribution is 7.90. The van der Waals surface area contributed by atoms with Crippen LogP contribution in [-0.2, 0) is 9.84 Å². The summed E-state index contributed by atoms with van der Waals surface area (Å²) < 4.78 is 23.8. The first-order valence-electron chi connectivity index (χ1n) is 8.04. The van der Waals surface area contributed by atoms with Crippen molar-refractivity contribution in [2.45, 2.75) is 11.8 Å². The average molecular weight is 377 g/mol. The Bertz CT molecular complexity index is 939. The maximum atomic E-state index is 11.9. The van der Waals surface area contributed by atoms with E-state index < -0.39 is 14.8 Å². The van der Waals surface area contributed by atoms with Crippen LogP contribution in [0.2, 0.25) is 0 Å². The molecular formula is C16H19N5O4S. The molecule has 0 saturated carbocycles. The molecule has 2 aromatic rings. The van der Waals surface area contributed by atoms with Crippen LogP contribution in [0.25, 0.3) is 0 Å². The van der Waals surface area contributed by atoms with Crippen LogP contribution in [-0.4, -0.2) is 55.7 Å². The van der Waals surface area contributed by atoms with Gasteiger partial charge >= 0.3 is 5.69 Å². The quantitative estimate of drug-likeness (QED) is 0.581. The largest absolute Gasteiger partial charge is 0.362 e. The Hall–Kier alpha value is -2.75. The number of nitro benzene ring substituents is 1. The Kier molecular flexibility index (Phi) is 4.77. The van der Waals surface area contributed by atoms with E-state index in [-0.39, 0.29) is 10.6 Å². The van der Waals surface area contributed by atoms with Crippen molar-refractivity contribution in [1.82, 2.24) is 9.97 Å². The van der Waals surface area contributed by atoms with E-state index in [2.05, 4.69) is 14.9 Å². The zero-order valence-electron chi connectivity index (χ0n) is 14.5. The molecule has 0 atom stereocenters. The fraction of sp³-hybridized carbons (Fsp3) is 0.375. The summed E-state index contributed by atoms with van der Waals surface area (Å²) in [6, 6.07) is 6.24. The number of piperazine rings is 1. The van der Waals surface area contributed by atoms with E-state index in [1.165, 1.54) is 6.07 Å². The van der Waals surface area contributed by atoms with Crippen LogP contribution in [0.15, 0.2) is 35.4 Å². The fourth-order valence-corrected chi connectivity index (χ4v) is 3.90. The monoisotopic (exact) mass is 377 g/mol. The molecule has 138 valence electrons. The third-order valence-corrected chi connectivity index (χ3v) is 5.39. The van der Waals surface area contributed by atoms with Gasteiger partial charge in [0.15, 0.2) is 9.84 Å². The molecule has 1 saturated heterocycles. The molecule has 26 heavy (non-hydrogen) atoms. The minimum Gasteiger partial charge on any atom is -0.362 e. The smallest absolute Gasteiger partial charge is 0.311 e. The van der Waals surface area contributed by atoms with Crippen LogP contribution in [0.1, 0.15) is 5.82 Å². The zero-order valence-corrected chi connectivity index (χ0v) is 15.3. The summed E-state index contributed by atoms with van der Waals surface area (Å²) in [6.07, 6.45) is 2.68. The van der Waals surface area contributed by atoms with Crippen molar-refractivity contribution in [1.29, 1.82) is 0 Å². The Morgan fingerprint density at radius 3 is 2.35 bits per heavy atom. The van der Waals surface area contributed by atoms with Crippen LogP contribution in [0.4, 0.5) is 17.2 Å². The molecule has 0 N–H and O–H groups in total. The van der Waals surface area contributed by atoms with Crippen molar-refractivity contribution in [3.05, 3.63) is 46.4 Å². The number of anilines is 2. The van der Waals surface area contributed by atoms with E-state index >= 15 is 0 Å². The molecule has 0 radical (unpaired) electrons. The minimum absolute atomic E-state index is 0.256. The predicted octanol–water partition coefficient (Wildman–Crippen LogP) is 1.42. The number of hydrogen-bond donors (Lipinski definition) is 0. The Labute approximate surface area is 151 Å². The van der Waals surface area contributed by atoms with Crippen molar-refractivity contribution in [3.63, 3.8) is 0 Å². The van der Waals surface area contributed by atoms with E-state index in [0.717, 1.165) is 12.1 Å². The Morgan fingerprint density at radius 2 is 1.77 bits per heavy atom. The molecule has 0 aliphatic carbocycles. The van der Waals surface area contributed by atoms with E-state index in [1.54, 1.807) is 18.3 Å². The normalized spacial score (nSPS) is 15.2. The average Bonchev–Trinajstić information content (AvgIpc) is 2.60. The SMILES string of the molecule is Cc1nccc(N2CCN(c3cccc(S(C)(=O)=O)c3[N+](=O)[O-])CC2)n1. The molecule has 9 nitrogen and oxygen atoms in total. The number of sulfone groups is 1. The van der Waals surface area contributed by atoms with Gasteiger partial charge in [-0.1, -0.05) is 6.07 Å². The van der Waals surface area contributed by atoms with Crippen LogP contribution >= 0.6 is 0 Å². The molecule has 0 spiro atoms. The molecule has 0 bridgehead atoms. The molecule has 1 fully saturated rings. The summed E-state index contributed by atoms with van der Waals surface area (Å²) in [7, 11) is -3.69. The number of aryl methyl sites for hydroxylation is 1. The van der Waals surface area contributed by atoms with Gasteiger partial charge in [0.05, 0.1) is 4.92 Å². The molecule has 2 heterocycles. The first-order valence-corrected chi connectivity index (χ1v) is 9.93. The Balaban J connectivity index is 1.87.